The van der Waals surface area contributed by atoms with Crippen LogP contribution in [-0.4, -0.2) is 35.3 Å². The number of rotatable bonds is 7. The summed E-state index contributed by atoms with van der Waals surface area (Å²) in [6, 6.07) is 5.49. The second kappa shape index (κ2) is 8.47. The molecule has 0 saturated carbocycles. The SMILES string of the molecule is CCCSc1nc2c(c(=O)[nH]1)C(c1cccc(OC)c1OCC)CC(=O)N2. The number of para-hydroxylation sites is 1. The molecular weight excluding hydrogens is 366 g/mol. The van der Waals surface area contributed by atoms with E-state index in [1.165, 1.54) is 11.8 Å². The molecular formula is C19H23N3O4S. The number of thioether (sulfide) groups is 1. The summed E-state index contributed by atoms with van der Waals surface area (Å²) in [5.74, 6) is 1.65. The number of methoxy groups -OCH3 is 1. The summed E-state index contributed by atoms with van der Waals surface area (Å²) in [7, 11) is 1.56. The second-order valence-electron chi connectivity index (χ2n) is 6.10. The minimum atomic E-state index is -0.452. The summed E-state index contributed by atoms with van der Waals surface area (Å²) in [6.45, 7) is 4.38. The van der Waals surface area contributed by atoms with Gasteiger partial charge in [-0.05, 0) is 19.4 Å². The van der Waals surface area contributed by atoms with Gasteiger partial charge < -0.3 is 19.8 Å². The predicted octanol–water partition coefficient (Wildman–Crippen LogP) is 3.15. The number of aromatic nitrogens is 2. The van der Waals surface area contributed by atoms with E-state index in [9.17, 15) is 9.59 Å². The Morgan fingerprint density at radius 2 is 2.11 bits per heavy atom. The number of H-pyrrole nitrogens is 1. The highest BCUT2D eigenvalue weighted by Crippen LogP contribution is 2.42. The van der Waals surface area contributed by atoms with Crippen LogP contribution < -0.4 is 20.3 Å². The fraction of sp³-hybridized carbons (Fsp3) is 0.421. The van der Waals surface area contributed by atoms with E-state index in [-0.39, 0.29) is 17.9 Å². The Kier molecular flexibility index (Phi) is 6.05. The summed E-state index contributed by atoms with van der Waals surface area (Å²) in [6.07, 6.45) is 1.11. The molecule has 0 aliphatic carbocycles. The van der Waals surface area contributed by atoms with Gasteiger partial charge in [0.15, 0.2) is 16.7 Å². The maximum atomic E-state index is 12.8. The lowest BCUT2D eigenvalue weighted by Gasteiger charge is -2.26. The van der Waals surface area contributed by atoms with Crippen LogP contribution in [0.3, 0.4) is 0 Å². The molecule has 7 nitrogen and oxygen atoms in total. The Morgan fingerprint density at radius 3 is 2.81 bits per heavy atom. The van der Waals surface area contributed by atoms with E-state index in [1.807, 2.05) is 19.1 Å². The fourth-order valence-corrected chi connectivity index (χ4v) is 3.87. The third-order valence-electron chi connectivity index (χ3n) is 4.27. The van der Waals surface area contributed by atoms with E-state index in [4.69, 9.17) is 9.47 Å². The maximum Gasteiger partial charge on any atom is 0.257 e. The van der Waals surface area contributed by atoms with Crippen molar-refractivity contribution in [2.24, 2.45) is 0 Å². The van der Waals surface area contributed by atoms with Crippen molar-refractivity contribution in [3.8, 4) is 11.5 Å². The maximum absolute atomic E-state index is 12.8. The third-order valence-corrected chi connectivity index (χ3v) is 5.34. The number of nitrogens with zero attached hydrogens (tertiary/aromatic N) is 1. The van der Waals surface area contributed by atoms with Crippen LogP contribution in [0.2, 0.25) is 0 Å². The van der Waals surface area contributed by atoms with Crippen LogP contribution in [0.1, 0.15) is 43.7 Å². The molecule has 2 aromatic rings. The lowest BCUT2D eigenvalue weighted by atomic mass is 9.86. The van der Waals surface area contributed by atoms with Gasteiger partial charge in [0.25, 0.3) is 5.56 Å². The first kappa shape index (κ1) is 19.3. The summed E-state index contributed by atoms with van der Waals surface area (Å²) in [5.41, 5.74) is 0.951. The number of fused-ring (bicyclic) bond motifs is 1. The van der Waals surface area contributed by atoms with Crippen molar-refractivity contribution in [2.45, 2.75) is 37.8 Å². The van der Waals surface area contributed by atoms with E-state index in [2.05, 4.69) is 22.2 Å². The third kappa shape index (κ3) is 3.95. The standard InChI is InChI=1S/C19H23N3O4S/c1-4-9-27-19-21-17-15(18(24)22-19)12(10-14(23)20-17)11-7-6-8-13(25-3)16(11)26-5-2/h6-8,12H,4-5,9-10H2,1-3H3,(H2,20,21,22,23,24). The molecule has 8 heteroatoms. The number of hydrogen-bond acceptors (Lipinski definition) is 6. The quantitative estimate of drug-likeness (QED) is 0.558. The molecule has 1 unspecified atom stereocenters. The smallest absolute Gasteiger partial charge is 0.257 e. The Bertz CT molecular complexity index is 897. The zero-order valence-corrected chi connectivity index (χ0v) is 16.4. The van der Waals surface area contributed by atoms with Gasteiger partial charge in [-0.15, -0.1) is 0 Å². The number of amides is 1. The first-order valence-corrected chi connectivity index (χ1v) is 9.94. The average Bonchev–Trinajstić information content (AvgIpc) is 2.65. The molecule has 3 rings (SSSR count). The lowest BCUT2D eigenvalue weighted by molar-refractivity contribution is -0.116. The van der Waals surface area contributed by atoms with Gasteiger partial charge in [0.1, 0.15) is 5.82 Å². The molecule has 0 spiro atoms. The van der Waals surface area contributed by atoms with Crippen molar-refractivity contribution in [3.05, 3.63) is 39.7 Å². The zero-order valence-electron chi connectivity index (χ0n) is 15.6. The molecule has 2 N–H and O–H groups in total. The van der Waals surface area contributed by atoms with E-state index >= 15 is 0 Å². The first-order chi connectivity index (χ1) is 13.1. The number of nitrogens with one attached hydrogen (secondary N) is 2. The summed E-state index contributed by atoms with van der Waals surface area (Å²) < 4.78 is 11.2. The van der Waals surface area contributed by atoms with Gasteiger partial charge in [-0.3, -0.25) is 9.59 Å². The minimum absolute atomic E-state index is 0.145. The Labute approximate surface area is 161 Å². The number of aromatic amines is 1. The summed E-state index contributed by atoms with van der Waals surface area (Å²) in [5, 5.41) is 3.25. The van der Waals surface area contributed by atoms with Crippen molar-refractivity contribution in [3.63, 3.8) is 0 Å². The van der Waals surface area contributed by atoms with Crippen LogP contribution in [0.4, 0.5) is 5.82 Å². The molecule has 2 heterocycles. The minimum Gasteiger partial charge on any atom is -0.493 e. The highest BCUT2D eigenvalue weighted by Gasteiger charge is 2.33. The van der Waals surface area contributed by atoms with Gasteiger partial charge in [0.05, 0.1) is 19.3 Å². The van der Waals surface area contributed by atoms with Crippen LogP contribution in [0.25, 0.3) is 0 Å². The van der Waals surface area contributed by atoms with Crippen LogP contribution in [0.15, 0.2) is 28.2 Å². The normalized spacial score (nSPS) is 15.8. The van der Waals surface area contributed by atoms with E-state index in [0.717, 1.165) is 17.7 Å². The van der Waals surface area contributed by atoms with Gasteiger partial charge in [-0.25, -0.2) is 4.98 Å². The van der Waals surface area contributed by atoms with Crippen molar-refractivity contribution < 1.29 is 14.3 Å². The molecule has 27 heavy (non-hydrogen) atoms. The van der Waals surface area contributed by atoms with Crippen LogP contribution >= 0.6 is 11.8 Å². The van der Waals surface area contributed by atoms with Gasteiger partial charge in [-0.2, -0.15) is 0 Å². The topological polar surface area (TPSA) is 93.3 Å². The van der Waals surface area contributed by atoms with E-state index < -0.39 is 5.92 Å². The van der Waals surface area contributed by atoms with E-state index in [0.29, 0.717) is 34.6 Å². The van der Waals surface area contributed by atoms with Gasteiger partial charge in [-0.1, -0.05) is 30.8 Å². The molecule has 1 aliphatic rings. The molecule has 1 aliphatic heterocycles. The van der Waals surface area contributed by atoms with Crippen LogP contribution in [0, 0.1) is 0 Å². The molecule has 144 valence electrons. The number of carbonyl (C=O) groups is 1. The molecule has 1 aromatic heterocycles. The highest BCUT2D eigenvalue weighted by atomic mass is 32.2. The molecule has 1 amide bonds. The fourth-order valence-electron chi connectivity index (χ4n) is 3.15. The van der Waals surface area contributed by atoms with Crippen molar-refractivity contribution in [1.82, 2.24) is 9.97 Å². The largest absolute Gasteiger partial charge is 0.493 e. The van der Waals surface area contributed by atoms with E-state index in [1.54, 1.807) is 13.2 Å². The zero-order chi connectivity index (χ0) is 19.4. The monoisotopic (exact) mass is 389 g/mol. The number of benzene rings is 1. The second-order valence-corrected chi connectivity index (χ2v) is 7.18. The lowest BCUT2D eigenvalue weighted by Crippen LogP contribution is -2.31. The molecule has 1 atom stereocenters. The van der Waals surface area contributed by atoms with Crippen LogP contribution in [0.5, 0.6) is 11.5 Å². The van der Waals surface area contributed by atoms with Crippen LogP contribution in [-0.2, 0) is 4.79 Å². The van der Waals surface area contributed by atoms with Crippen molar-refractivity contribution in [1.29, 1.82) is 0 Å². The molecule has 1 aromatic carbocycles. The average molecular weight is 389 g/mol. The Balaban J connectivity index is 2.12. The number of carbonyl (C=O) groups excluding carboxylic acids is 1. The van der Waals surface area contributed by atoms with Gasteiger partial charge >= 0.3 is 0 Å². The number of ether oxygens (including phenoxy) is 2. The molecule has 0 fully saturated rings. The highest BCUT2D eigenvalue weighted by molar-refractivity contribution is 7.99. The Morgan fingerprint density at radius 1 is 1.30 bits per heavy atom. The van der Waals surface area contributed by atoms with Crippen molar-refractivity contribution >= 4 is 23.5 Å². The number of hydrogen-bond donors (Lipinski definition) is 2. The summed E-state index contributed by atoms with van der Waals surface area (Å²) in [4.78, 5) is 32.5. The van der Waals surface area contributed by atoms with Gasteiger partial charge in [0, 0.05) is 23.7 Å². The number of anilines is 1. The molecule has 0 radical (unpaired) electrons. The Hall–Kier alpha value is -2.48. The predicted molar refractivity (Wildman–Crippen MR) is 105 cm³/mol. The van der Waals surface area contributed by atoms with Crippen molar-refractivity contribution in [2.75, 3.05) is 24.8 Å². The molecule has 0 bridgehead atoms. The van der Waals surface area contributed by atoms with Gasteiger partial charge in [0.2, 0.25) is 5.91 Å². The first-order valence-electron chi connectivity index (χ1n) is 8.95. The molecule has 0 saturated heterocycles. The summed E-state index contributed by atoms with van der Waals surface area (Å²) >= 11 is 1.46.